The van der Waals surface area contributed by atoms with Crippen LogP contribution in [0.4, 0.5) is 0 Å². The van der Waals surface area contributed by atoms with E-state index in [4.69, 9.17) is 5.11 Å². The van der Waals surface area contributed by atoms with Gasteiger partial charge >= 0.3 is 0 Å². The van der Waals surface area contributed by atoms with E-state index in [0.717, 1.165) is 10.6 Å². The van der Waals surface area contributed by atoms with Gasteiger partial charge in [0.25, 0.3) is 0 Å². The summed E-state index contributed by atoms with van der Waals surface area (Å²) in [5, 5.41) is 7.77. The number of aliphatic hydroxyl groups excluding tert-OH is 1. The number of hydrogen-bond donors (Lipinski definition) is 1. The highest BCUT2D eigenvalue weighted by atomic mass is 32.3. The van der Waals surface area contributed by atoms with E-state index in [2.05, 4.69) is 0 Å². The summed E-state index contributed by atoms with van der Waals surface area (Å²) in [6.07, 6.45) is 1.18. The molecule has 16 heavy (non-hydrogen) atoms. The molecule has 0 rings (SSSR count). The number of aliphatic hydroxyl groups is 1. The second-order valence-electron chi connectivity index (χ2n) is 3.94. The van der Waals surface area contributed by atoms with Crippen molar-refractivity contribution < 1.29 is 21.9 Å². The first-order valence-corrected chi connectivity index (χ1v) is 8.55. The third-order valence-corrected chi connectivity index (χ3v) is 6.06. The molecule has 0 spiro atoms. The highest BCUT2D eigenvalue weighted by molar-refractivity contribution is 8.06. The first-order chi connectivity index (χ1) is 7.10. The number of rotatable bonds is 7. The highest BCUT2D eigenvalue weighted by Crippen LogP contribution is 2.10. The first-order valence-electron chi connectivity index (χ1n) is 4.88. The van der Waals surface area contributed by atoms with Gasteiger partial charge in [-0.05, 0) is 20.3 Å². The van der Waals surface area contributed by atoms with Gasteiger partial charge in [0.15, 0.2) is 14.9 Å². The van der Waals surface area contributed by atoms with Crippen molar-refractivity contribution in [1.29, 1.82) is 0 Å². The average molecular weight is 273 g/mol. The Labute approximate surface area is 97.2 Å². The molecule has 0 atom stereocenters. The summed E-state index contributed by atoms with van der Waals surface area (Å²) >= 11 is 0. The zero-order valence-corrected chi connectivity index (χ0v) is 11.4. The van der Waals surface area contributed by atoms with Gasteiger partial charge in [-0.3, -0.25) is 0 Å². The lowest BCUT2D eigenvalue weighted by Gasteiger charge is -2.25. The fourth-order valence-electron chi connectivity index (χ4n) is 1.28. The molecule has 0 heterocycles. The molecule has 0 saturated carbocycles. The fourth-order valence-corrected chi connectivity index (χ4v) is 5.04. The molecule has 0 aliphatic heterocycles. The van der Waals surface area contributed by atoms with Crippen molar-refractivity contribution in [2.45, 2.75) is 26.3 Å². The second kappa shape index (κ2) is 5.95. The Hall–Kier alpha value is -0.180. The van der Waals surface area contributed by atoms with Gasteiger partial charge in [-0.15, -0.1) is 0 Å². The lowest BCUT2D eigenvalue weighted by molar-refractivity contribution is 0.259. The lowest BCUT2D eigenvalue weighted by atomic mass is 10.3. The Morgan fingerprint density at radius 1 is 1.19 bits per heavy atom. The van der Waals surface area contributed by atoms with Crippen LogP contribution in [0.15, 0.2) is 0 Å². The van der Waals surface area contributed by atoms with Gasteiger partial charge in [0.05, 0.1) is 0 Å². The largest absolute Gasteiger partial charge is 0.396 e. The zero-order valence-electron chi connectivity index (χ0n) is 9.75. The minimum absolute atomic E-state index is 0.127. The Bertz CT molecular complexity index is 398. The normalized spacial score (nSPS) is 13.6. The predicted molar refractivity (Wildman–Crippen MR) is 62.2 cm³/mol. The topological polar surface area (TPSA) is 91.8 Å². The fraction of sp³-hybridized carbons (Fsp3) is 1.00. The van der Waals surface area contributed by atoms with Crippen LogP contribution in [0, 0.1) is 0 Å². The van der Waals surface area contributed by atoms with E-state index in [9.17, 15) is 16.8 Å². The molecule has 0 amide bonds. The van der Waals surface area contributed by atoms with E-state index in [0.29, 0.717) is 6.42 Å². The summed E-state index contributed by atoms with van der Waals surface area (Å²) in [6, 6.07) is -0.321. The molecule has 0 unspecified atom stereocenters. The monoisotopic (exact) mass is 273 g/mol. The van der Waals surface area contributed by atoms with Crippen molar-refractivity contribution in [3.63, 3.8) is 0 Å². The highest BCUT2D eigenvalue weighted by Gasteiger charge is 2.28. The summed E-state index contributed by atoms with van der Waals surface area (Å²) in [5.41, 5.74) is 0. The van der Waals surface area contributed by atoms with Gasteiger partial charge in [0.2, 0.25) is 10.0 Å². The number of hydrogen-bond acceptors (Lipinski definition) is 5. The van der Waals surface area contributed by atoms with Crippen LogP contribution in [0.2, 0.25) is 0 Å². The lowest BCUT2D eigenvalue weighted by Crippen LogP contribution is -2.40. The smallest absolute Gasteiger partial charge is 0.228 e. The summed E-state index contributed by atoms with van der Waals surface area (Å²) < 4.78 is 46.6. The van der Waals surface area contributed by atoms with E-state index >= 15 is 0 Å². The van der Waals surface area contributed by atoms with Gasteiger partial charge in [0, 0.05) is 25.4 Å². The molecular formula is C8H19NO5S2. The molecule has 0 bridgehead atoms. The Kier molecular flexibility index (Phi) is 5.88. The zero-order chi connectivity index (χ0) is 13.0. The number of nitrogens with zero attached hydrogens (tertiary/aromatic N) is 1. The van der Waals surface area contributed by atoms with Crippen LogP contribution in [0.5, 0.6) is 0 Å². The van der Waals surface area contributed by atoms with Gasteiger partial charge in [-0.1, -0.05) is 0 Å². The van der Waals surface area contributed by atoms with E-state index in [1.54, 1.807) is 13.8 Å². The summed E-state index contributed by atoms with van der Waals surface area (Å²) in [5.74, 6) is 0. The molecular weight excluding hydrogens is 254 g/mol. The molecule has 98 valence electrons. The standard InChI is InChI=1S/C8H19NO5S2/c1-8(2)9(5-4-6-10)16(13,14)7-15(3,11)12/h8,10H,4-7H2,1-3H3. The van der Waals surface area contributed by atoms with Crippen LogP contribution in [0.1, 0.15) is 20.3 Å². The van der Waals surface area contributed by atoms with Crippen molar-refractivity contribution in [1.82, 2.24) is 4.31 Å². The summed E-state index contributed by atoms with van der Waals surface area (Å²) in [7, 11) is -7.39. The molecule has 0 aromatic rings. The quantitative estimate of drug-likeness (QED) is 0.669. The number of sulfone groups is 1. The van der Waals surface area contributed by atoms with E-state index in [1.165, 1.54) is 0 Å². The van der Waals surface area contributed by atoms with Gasteiger partial charge in [-0.25, -0.2) is 16.8 Å². The minimum Gasteiger partial charge on any atom is -0.396 e. The Morgan fingerprint density at radius 3 is 2.00 bits per heavy atom. The van der Waals surface area contributed by atoms with Gasteiger partial charge in [-0.2, -0.15) is 4.31 Å². The molecule has 0 aliphatic rings. The van der Waals surface area contributed by atoms with Gasteiger partial charge in [0.1, 0.15) is 0 Å². The summed E-state index contributed by atoms with van der Waals surface area (Å²) in [4.78, 5) is 0. The van der Waals surface area contributed by atoms with Crippen LogP contribution in [0.3, 0.4) is 0 Å². The van der Waals surface area contributed by atoms with Crippen molar-refractivity contribution in [2.75, 3.05) is 24.5 Å². The molecule has 0 aromatic carbocycles. The third-order valence-electron chi connectivity index (χ3n) is 1.83. The van der Waals surface area contributed by atoms with Crippen molar-refractivity contribution in [3.8, 4) is 0 Å². The van der Waals surface area contributed by atoms with E-state index in [-0.39, 0.29) is 19.2 Å². The molecule has 6 nitrogen and oxygen atoms in total. The van der Waals surface area contributed by atoms with E-state index in [1.807, 2.05) is 0 Å². The summed E-state index contributed by atoms with van der Waals surface area (Å²) in [6.45, 7) is 3.33. The second-order valence-corrected chi connectivity index (χ2v) is 8.36. The van der Waals surface area contributed by atoms with E-state index < -0.39 is 24.9 Å². The maximum Gasteiger partial charge on any atom is 0.228 e. The molecule has 8 heteroatoms. The molecule has 1 N–H and O–H groups in total. The SMILES string of the molecule is CC(C)N(CCCO)S(=O)(=O)CS(C)(=O)=O. The molecule has 0 radical (unpaired) electrons. The van der Waals surface area contributed by atoms with Crippen LogP contribution in [-0.4, -0.2) is 56.8 Å². The van der Waals surface area contributed by atoms with Crippen molar-refractivity contribution in [2.24, 2.45) is 0 Å². The van der Waals surface area contributed by atoms with Crippen LogP contribution in [0.25, 0.3) is 0 Å². The minimum atomic E-state index is -3.82. The van der Waals surface area contributed by atoms with Crippen molar-refractivity contribution in [3.05, 3.63) is 0 Å². The predicted octanol–water partition coefficient (Wildman–Crippen LogP) is -0.589. The third kappa shape index (κ3) is 5.78. The first kappa shape index (κ1) is 15.8. The number of sulfonamides is 1. The van der Waals surface area contributed by atoms with Crippen LogP contribution >= 0.6 is 0 Å². The molecule has 0 aromatic heterocycles. The Balaban J connectivity index is 4.91. The maximum atomic E-state index is 11.8. The average Bonchev–Trinajstić information content (AvgIpc) is 1.98. The van der Waals surface area contributed by atoms with Crippen LogP contribution in [-0.2, 0) is 19.9 Å². The van der Waals surface area contributed by atoms with Gasteiger partial charge < -0.3 is 5.11 Å². The maximum absolute atomic E-state index is 11.8. The molecule has 0 aliphatic carbocycles. The molecule has 0 saturated heterocycles. The van der Waals surface area contributed by atoms with Crippen molar-refractivity contribution >= 4 is 19.9 Å². The molecule has 0 fully saturated rings. The Morgan fingerprint density at radius 2 is 1.69 bits per heavy atom. The van der Waals surface area contributed by atoms with Crippen LogP contribution < -0.4 is 0 Å².